The Hall–Kier alpha value is -0.0505. The van der Waals surface area contributed by atoms with Crippen molar-refractivity contribution < 1.29 is 32.1 Å². The monoisotopic (exact) mass is 236 g/mol. The Balaban J connectivity index is 0. The molecule has 1 unspecified atom stereocenters. The quantitative estimate of drug-likeness (QED) is 0.537. The third-order valence-electron chi connectivity index (χ3n) is 1.67. The fourth-order valence-electron chi connectivity index (χ4n) is 0.898. The van der Waals surface area contributed by atoms with E-state index in [0.717, 1.165) is 0 Å². The van der Waals surface area contributed by atoms with Gasteiger partial charge in [0.15, 0.2) is 0 Å². The maximum Gasteiger partial charge on any atom is 1.00 e. The van der Waals surface area contributed by atoms with Crippen LogP contribution in [-0.4, -0.2) is 22.3 Å². The van der Waals surface area contributed by atoms with Crippen LogP contribution >= 0.6 is 0 Å². The first kappa shape index (κ1) is 15.4. The van der Waals surface area contributed by atoms with E-state index in [-0.39, 0.29) is 17.1 Å². The van der Waals surface area contributed by atoms with Crippen LogP contribution in [0, 0.1) is 6.42 Å². The molecule has 1 aliphatic carbocycles. The molecule has 0 bridgehead atoms. The number of carboxylic acid groups (broad SMARTS) is 1. The van der Waals surface area contributed by atoms with E-state index in [1.54, 1.807) is 0 Å². The molecule has 0 amide bonds. The summed E-state index contributed by atoms with van der Waals surface area (Å²) in [6, 6.07) is 0. The van der Waals surface area contributed by atoms with Crippen LogP contribution < -0.4 is 0 Å². The molecule has 0 aromatic carbocycles. The fraction of sp³-hybridized carbons (Fsp3) is 0.778. The minimum Gasteiger partial charge on any atom is -0.479 e. The molecule has 1 saturated carbocycles. The van der Waals surface area contributed by atoms with Gasteiger partial charge in [-0.25, -0.2) is 4.79 Å². The van der Waals surface area contributed by atoms with Gasteiger partial charge in [-0.15, -0.1) is 0 Å². The number of carbonyl (C=O) groups is 1. The Labute approximate surface area is 90.0 Å². The zero-order valence-electron chi connectivity index (χ0n) is 7.79. The van der Waals surface area contributed by atoms with E-state index in [1.165, 1.54) is 39.0 Å². The van der Waals surface area contributed by atoms with Crippen LogP contribution in [0.15, 0.2) is 0 Å². The molecule has 0 aromatic heterocycles. The summed E-state index contributed by atoms with van der Waals surface area (Å²) in [5.41, 5.74) is 0. The molecule has 4 heteroatoms. The second-order valence-corrected chi connectivity index (χ2v) is 2.94. The molecule has 1 atom stereocenters. The summed E-state index contributed by atoms with van der Waals surface area (Å²) in [5, 5.41) is 15.8. The van der Waals surface area contributed by atoms with Crippen molar-refractivity contribution in [3.8, 4) is 0 Å². The van der Waals surface area contributed by atoms with Gasteiger partial charge in [0.25, 0.3) is 0 Å². The van der Waals surface area contributed by atoms with Crippen molar-refractivity contribution >= 4 is 5.97 Å². The number of rotatable bonds is 1. The molecule has 1 rings (SSSR count). The summed E-state index contributed by atoms with van der Waals surface area (Å²) in [7, 11) is 0. The van der Waals surface area contributed by atoms with E-state index >= 15 is 0 Å². The SMILES string of the molecule is CC(O)C(=O)O.[CH-]1CCCCC1.[Cu+]. The topological polar surface area (TPSA) is 57.5 Å². The molecule has 0 saturated heterocycles. The van der Waals surface area contributed by atoms with E-state index < -0.39 is 12.1 Å². The minimum absolute atomic E-state index is 0. The first-order valence-electron chi connectivity index (χ1n) is 4.37. The van der Waals surface area contributed by atoms with Gasteiger partial charge in [-0.1, -0.05) is 19.3 Å². The third kappa shape index (κ3) is 11.9. The van der Waals surface area contributed by atoms with Gasteiger partial charge in [-0.2, -0.15) is 12.8 Å². The molecule has 1 fully saturated rings. The van der Waals surface area contributed by atoms with Crippen molar-refractivity contribution in [2.75, 3.05) is 0 Å². The average molecular weight is 237 g/mol. The molecule has 0 aliphatic heterocycles. The van der Waals surface area contributed by atoms with Gasteiger partial charge in [0, 0.05) is 0 Å². The number of hydrogen-bond acceptors (Lipinski definition) is 2. The first-order chi connectivity index (χ1) is 5.64. The Kier molecular flexibility index (Phi) is 11.9. The summed E-state index contributed by atoms with van der Waals surface area (Å²) in [5.74, 6) is -1.19. The molecule has 13 heavy (non-hydrogen) atoms. The van der Waals surface area contributed by atoms with E-state index in [9.17, 15) is 4.79 Å². The van der Waals surface area contributed by atoms with Gasteiger partial charge in [0.1, 0.15) is 6.10 Å². The minimum atomic E-state index is -1.23. The first-order valence-corrected chi connectivity index (χ1v) is 4.37. The molecular formula is C9H17CuO3. The van der Waals surface area contributed by atoms with Crippen LogP contribution in [0.4, 0.5) is 0 Å². The van der Waals surface area contributed by atoms with Crippen molar-refractivity contribution in [2.45, 2.75) is 45.1 Å². The molecule has 0 heterocycles. The van der Waals surface area contributed by atoms with E-state index in [2.05, 4.69) is 6.42 Å². The zero-order valence-corrected chi connectivity index (χ0v) is 8.74. The molecule has 82 valence electrons. The molecule has 3 nitrogen and oxygen atoms in total. The van der Waals surface area contributed by atoms with Crippen LogP contribution in [-0.2, 0) is 21.9 Å². The Morgan fingerprint density at radius 3 is 1.77 bits per heavy atom. The van der Waals surface area contributed by atoms with Crippen molar-refractivity contribution in [1.29, 1.82) is 0 Å². The normalized spacial score (nSPS) is 17.4. The van der Waals surface area contributed by atoms with Gasteiger partial charge < -0.3 is 16.6 Å². The standard InChI is InChI=1S/C6H11.C3H6O3.Cu/c1-2-4-6-5-3-1;1-2(4)3(5)6;/h1H,2-6H2;2,4H,1H3,(H,5,6);/q-1;;+1. The van der Waals surface area contributed by atoms with Crippen LogP contribution in [0.5, 0.6) is 0 Å². The molecule has 1 aliphatic rings. The Morgan fingerprint density at radius 1 is 1.31 bits per heavy atom. The molecular weight excluding hydrogens is 220 g/mol. The second kappa shape index (κ2) is 10.0. The number of carboxylic acids is 1. The largest absolute Gasteiger partial charge is 1.00 e. The van der Waals surface area contributed by atoms with Gasteiger partial charge in [-0.3, -0.25) is 0 Å². The maximum absolute atomic E-state index is 9.45. The van der Waals surface area contributed by atoms with Crippen LogP contribution in [0.2, 0.25) is 0 Å². The van der Waals surface area contributed by atoms with Crippen LogP contribution in [0.3, 0.4) is 0 Å². The molecule has 2 N–H and O–H groups in total. The Morgan fingerprint density at radius 2 is 1.69 bits per heavy atom. The predicted octanol–water partition coefficient (Wildman–Crippen LogP) is 1.60. The molecule has 0 aromatic rings. The average Bonchev–Trinajstić information content (AvgIpc) is 2.08. The van der Waals surface area contributed by atoms with E-state index in [1.807, 2.05) is 0 Å². The summed E-state index contributed by atoms with van der Waals surface area (Å²) >= 11 is 0. The van der Waals surface area contributed by atoms with Crippen molar-refractivity contribution in [2.24, 2.45) is 0 Å². The predicted molar refractivity (Wildman–Crippen MR) is 46.7 cm³/mol. The van der Waals surface area contributed by atoms with Crippen molar-refractivity contribution in [3.05, 3.63) is 6.42 Å². The Bertz CT molecular complexity index is 111. The fourth-order valence-corrected chi connectivity index (χ4v) is 0.898. The smallest absolute Gasteiger partial charge is 0.479 e. The number of aliphatic carboxylic acids is 1. The summed E-state index contributed by atoms with van der Waals surface area (Å²) < 4.78 is 0. The van der Waals surface area contributed by atoms with Crippen molar-refractivity contribution in [3.63, 3.8) is 0 Å². The van der Waals surface area contributed by atoms with Gasteiger partial charge in [0.2, 0.25) is 0 Å². The van der Waals surface area contributed by atoms with Gasteiger partial charge in [-0.05, 0) is 6.92 Å². The van der Waals surface area contributed by atoms with Crippen LogP contribution in [0.25, 0.3) is 0 Å². The van der Waals surface area contributed by atoms with Crippen molar-refractivity contribution in [1.82, 2.24) is 0 Å². The van der Waals surface area contributed by atoms with Crippen LogP contribution in [0.1, 0.15) is 39.0 Å². The third-order valence-corrected chi connectivity index (χ3v) is 1.67. The maximum atomic E-state index is 9.45. The molecule has 0 spiro atoms. The zero-order chi connectivity index (χ0) is 9.40. The number of aliphatic hydroxyl groups is 1. The second-order valence-electron chi connectivity index (χ2n) is 2.94. The molecule has 0 radical (unpaired) electrons. The van der Waals surface area contributed by atoms with Gasteiger partial charge >= 0.3 is 23.0 Å². The van der Waals surface area contributed by atoms with E-state index in [0.29, 0.717) is 0 Å². The van der Waals surface area contributed by atoms with E-state index in [4.69, 9.17) is 10.2 Å². The number of hydrogen-bond donors (Lipinski definition) is 2. The summed E-state index contributed by atoms with van der Waals surface area (Å²) in [6.45, 7) is 1.20. The number of aliphatic hydroxyl groups excluding tert-OH is 1. The van der Waals surface area contributed by atoms with Gasteiger partial charge in [0.05, 0.1) is 0 Å². The summed E-state index contributed by atoms with van der Waals surface area (Å²) in [6.07, 6.45) is 8.27. The summed E-state index contributed by atoms with van der Waals surface area (Å²) in [4.78, 5) is 9.45.